The van der Waals surface area contributed by atoms with E-state index in [1.165, 1.54) is 51.1 Å². The molecule has 0 amide bonds. The van der Waals surface area contributed by atoms with Gasteiger partial charge in [0.25, 0.3) is 0 Å². The molecule has 1 unspecified atom stereocenters. The first kappa shape index (κ1) is 12.5. The molecule has 0 radical (unpaired) electrons. The van der Waals surface area contributed by atoms with E-state index in [0.717, 1.165) is 30.0 Å². The minimum Gasteiger partial charge on any atom is -0.370 e. The Morgan fingerprint density at radius 2 is 1.62 bits per heavy atom. The zero-order chi connectivity index (χ0) is 13.8. The summed E-state index contributed by atoms with van der Waals surface area (Å²) < 4.78 is 0. The summed E-state index contributed by atoms with van der Waals surface area (Å²) in [6.45, 7) is 5.02. The largest absolute Gasteiger partial charge is 0.370 e. The van der Waals surface area contributed by atoms with Crippen molar-refractivity contribution in [3.63, 3.8) is 0 Å². The standard InChI is InChI=1S/C18H25N3/c1-2-4-13(5-3-1)20-9-8-14(12-20)21-17-6-7-18(21)16-11-19-10-15(16)17/h1-5,14-19H,6-12H2/t14?,15-,16+,17-,18+. The molecule has 1 N–H and O–H groups in total. The normalized spacial score (nSPS) is 41.9. The average Bonchev–Trinajstić information content (AvgIpc) is 3.28. The Morgan fingerprint density at radius 3 is 2.33 bits per heavy atom. The SMILES string of the molecule is c1ccc(N2CCC(N3[C@@H]4CC[C@H]3[C@H]3CNC[C@H]34)C2)cc1. The van der Waals surface area contributed by atoms with E-state index in [1.807, 2.05) is 0 Å². The van der Waals surface area contributed by atoms with E-state index in [4.69, 9.17) is 0 Å². The van der Waals surface area contributed by atoms with Crippen molar-refractivity contribution in [3.8, 4) is 0 Å². The molecule has 4 aliphatic heterocycles. The van der Waals surface area contributed by atoms with E-state index in [-0.39, 0.29) is 0 Å². The molecule has 4 fully saturated rings. The van der Waals surface area contributed by atoms with Gasteiger partial charge in [0.2, 0.25) is 0 Å². The van der Waals surface area contributed by atoms with Gasteiger partial charge in [0.15, 0.2) is 0 Å². The fraction of sp³-hybridized carbons (Fsp3) is 0.667. The van der Waals surface area contributed by atoms with E-state index in [1.54, 1.807) is 0 Å². The smallest absolute Gasteiger partial charge is 0.0366 e. The summed E-state index contributed by atoms with van der Waals surface area (Å²) in [5.74, 6) is 1.91. The third-order valence-corrected chi connectivity index (χ3v) is 6.53. The zero-order valence-corrected chi connectivity index (χ0v) is 12.6. The summed E-state index contributed by atoms with van der Waals surface area (Å²) in [4.78, 5) is 5.55. The van der Waals surface area contributed by atoms with Crippen LogP contribution in [0, 0.1) is 11.8 Å². The van der Waals surface area contributed by atoms with E-state index >= 15 is 0 Å². The van der Waals surface area contributed by atoms with Gasteiger partial charge in [-0.3, -0.25) is 4.90 Å². The van der Waals surface area contributed by atoms with Crippen LogP contribution in [0.3, 0.4) is 0 Å². The monoisotopic (exact) mass is 283 g/mol. The Bertz CT molecular complexity index is 498. The number of nitrogens with zero attached hydrogens (tertiary/aromatic N) is 2. The van der Waals surface area contributed by atoms with Crippen LogP contribution in [0.5, 0.6) is 0 Å². The average molecular weight is 283 g/mol. The topological polar surface area (TPSA) is 18.5 Å². The number of hydrogen-bond donors (Lipinski definition) is 1. The summed E-state index contributed by atoms with van der Waals surface area (Å²) in [5.41, 5.74) is 1.41. The van der Waals surface area contributed by atoms with Crippen molar-refractivity contribution in [1.29, 1.82) is 0 Å². The lowest BCUT2D eigenvalue weighted by Crippen LogP contribution is -2.43. The van der Waals surface area contributed by atoms with E-state index in [0.29, 0.717) is 0 Å². The van der Waals surface area contributed by atoms with E-state index < -0.39 is 0 Å². The van der Waals surface area contributed by atoms with Gasteiger partial charge < -0.3 is 10.2 Å². The van der Waals surface area contributed by atoms with Crippen LogP contribution in [0.1, 0.15) is 19.3 Å². The highest BCUT2D eigenvalue weighted by molar-refractivity contribution is 5.47. The maximum atomic E-state index is 3.63. The van der Waals surface area contributed by atoms with Gasteiger partial charge in [-0.1, -0.05) is 18.2 Å². The molecule has 5 rings (SSSR count). The van der Waals surface area contributed by atoms with Crippen molar-refractivity contribution in [1.82, 2.24) is 10.2 Å². The second kappa shape index (κ2) is 4.72. The molecule has 4 saturated heterocycles. The van der Waals surface area contributed by atoms with Crippen molar-refractivity contribution >= 4 is 5.69 Å². The van der Waals surface area contributed by atoms with Crippen molar-refractivity contribution < 1.29 is 0 Å². The van der Waals surface area contributed by atoms with Gasteiger partial charge in [-0.05, 0) is 56.3 Å². The Hall–Kier alpha value is -1.06. The van der Waals surface area contributed by atoms with E-state index in [9.17, 15) is 0 Å². The molecular weight excluding hydrogens is 258 g/mol. The Morgan fingerprint density at radius 1 is 0.905 bits per heavy atom. The maximum absolute atomic E-state index is 3.63. The Labute approximate surface area is 127 Å². The van der Waals surface area contributed by atoms with Crippen molar-refractivity contribution in [2.75, 3.05) is 31.1 Å². The van der Waals surface area contributed by atoms with Gasteiger partial charge >= 0.3 is 0 Å². The number of para-hydroxylation sites is 1. The number of fused-ring (bicyclic) bond motifs is 5. The fourth-order valence-electron chi connectivity index (χ4n) is 5.72. The predicted octanol–water partition coefficient (Wildman–Crippen LogP) is 1.95. The molecular formula is C18H25N3. The summed E-state index contributed by atoms with van der Waals surface area (Å²) in [6.07, 6.45) is 4.26. The highest BCUT2D eigenvalue weighted by Crippen LogP contribution is 2.49. The molecule has 1 aromatic carbocycles. The fourth-order valence-corrected chi connectivity index (χ4v) is 5.72. The second-order valence-corrected chi connectivity index (χ2v) is 7.37. The summed E-state index contributed by atoms with van der Waals surface area (Å²) in [5, 5.41) is 3.63. The lowest BCUT2D eigenvalue weighted by Gasteiger charge is -2.31. The molecule has 4 heterocycles. The van der Waals surface area contributed by atoms with Crippen molar-refractivity contribution in [2.45, 2.75) is 37.4 Å². The van der Waals surface area contributed by atoms with Crippen molar-refractivity contribution in [3.05, 3.63) is 30.3 Å². The highest BCUT2D eigenvalue weighted by Gasteiger charge is 2.56. The highest BCUT2D eigenvalue weighted by atomic mass is 15.3. The van der Waals surface area contributed by atoms with E-state index in [2.05, 4.69) is 45.4 Å². The molecule has 4 aliphatic rings. The van der Waals surface area contributed by atoms with Gasteiger partial charge in [-0.15, -0.1) is 0 Å². The van der Waals surface area contributed by atoms with Crippen LogP contribution in [0.2, 0.25) is 0 Å². The molecule has 0 aromatic heterocycles. The van der Waals surface area contributed by atoms with Gasteiger partial charge in [-0.2, -0.15) is 0 Å². The summed E-state index contributed by atoms with van der Waals surface area (Å²) in [6, 6.07) is 13.5. The lowest BCUT2D eigenvalue weighted by molar-refractivity contribution is 0.169. The van der Waals surface area contributed by atoms with Gasteiger partial charge in [0.1, 0.15) is 0 Å². The van der Waals surface area contributed by atoms with Crippen LogP contribution in [0.4, 0.5) is 5.69 Å². The van der Waals surface area contributed by atoms with Crippen LogP contribution >= 0.6 is 0 Å². The maximum Gasteiger partial charge on any atom is 0.0366 e. The minimum atomic E-state index is 0.799. The molecule has 0 spiro atoms. The Kier molecular flexibility index (Phi) is 2.80. The molecule has 112 valence electrons. The van der Waals surface area contributed by atoms with Crippen LogP contribution in [0.15, 0.2) is 30.3 Å². The number of hydrogen-bond acceptors (Lipinski definition) is 3. The lowest BCUT2D eigenvalue weighted by atomic mass is 9.82. The Balaban J connectivity index is 1.34. The van der Waals surface area contributed by atoms with Crippen LogP contribution in [-0.4, -0.2) is 49.2 Å². The molecule has 0 saturated carbocycles. The minimum absolute atomic E-state index is 0.799. The molecule has 5 atom stereocenters. The first-order chi connectivity index (χ1) is 10.4. The van der Waals surface area contributed by atoms with Crippen LogP contribution < -0.4 is 10.2 Å². The zero-order valence-electron chi connectivity index (χ0n) is 12.6. The molecule has 3 heteroatoms. The van der Waals surface area contributed by atoms with Crippen LogP contribution in [-0.2, 0) is 0 Å². The first-order valence-corrected chi connectivity index (χ1v) is 8.70. The first-order valence-electron chi connectivity index (χ1n) is 8.70. The second-order valence-electron chi connectivity index (χ2n) is 7.37. The summed E-state index contributed by atoms with van der Waals surface area (Å²) >= 11 is 0. The summed E-state index contributed by atoms with van der Waals surface area (Å²) in [7, 11) is 0. The van der Waals surface area contributed by atoms with Gasteiger partial charge in [0.05, 0.1) is 0 Å². The van der Waals surface area contributed by atoms with Gasteiger partial charge in [0, 0.05) is 36.9 Å². The quantitative estimate of drug-likeness (QED) is 0.895. The van der Waals surface area contributed by atoms with Gasteiger partial charge in [-0.25, -0.2) is 0 Å². The third-order valence-electron chi connectivity index (χ3n) is 6.53. The molecule has 0 aliphatic carbocycles. The number of nitrogens with one attached hydrogen (secondary N) is 1. The van der Waals surface area contributed by atoms with Crippen LogP contribution in [0.25, 0.3) is 0 Å². The molecule has 3 nitrogen and oxygen atoms in total. The predicted molar refractivity (Wildman–Crippen MR) is 85.6 cm³/mol. The molecule has 21 heavy (non-hydrogen) atoms. The number of anilines is 1. The van der Waals surface area contributed by atoms with Crippen molar-refractivity contribution in [2.24, 2.45) is 11.8 Å². The number of rotatable bonds is 2. The third kappa shape index (κ3) is 1.80. The molecule has 1 aromatic rings. The molecule has 2 bridgehead atoms. The number of benzene rings is 1.